The van der Waals surface area contributed by atoms with Crippen LogP contribution < -0.4 is 4.74 Å². The summed E-state index contributed by atoms with van der Waals surface area (Å²) in [7, 11) is -0.485. The predicted molar refractivity (Wildman–Crippen MR) is 97.8 cm³/mol. The number of aromatic nitrogens is 1. The number of thioether (sulfide) groups is 1. The van der Waals surface area contributed by atoms with Crippen LogP contribution in [0.3, 0.4) is 0 Å². The maximum absolute atomic E-state index is 12.0. The molecule has 0 aliphatic rings. The normalized spacial score (nSPS) is 11.7. The minimum Gasteiger partial charge on any atom is -0.491 e. The van der Waals surface area contributed by atoms with Crippen LogP contribution in [-0.4, -0.2) is 44.2 Å². The third kappa shape index (κ3) is 5.00. The van der Waals surface area contributed by atoms with Crippen molar-refractivity contribution in [2.24, 2.45) is 0 Å². The van der Waals surface area contributed by atoms with Gasteiger partial charge in [0.1, 0.15) is 10.6 Å². The Balaban J connectivity index is 1.87. The molecule has 0 saturated carbocycles. The SMILES string of the molecule is CN(C)S(=O)(=O)c1ccc(SCCOc2ccc(Cl)cc2Cl)nc1. The van der Waals surface area contributed by atoms with E-state index in [2.05, 4.69) is 4.98 Å². The zero-order valence-electron chi connectivity index (χ0n) is 13.1. The first-order valence-electron chi connectivity index (χ1n) is 6.90. The lowest BCUT2D eigenvalue weighted by atomic mass is 10.3. The molecule has 9 heteroatoms. The Morgan fingerprint density at radius 1 is 1.21 bits per heavy atom. The van der Waals surface area contributed by atoms with E-state index in [9.17, 15) is 8.42 Å². The summed E-state index contributed by atoms with van der Waals surface area (Å²) < 4.78 is 30.6. The fourth-order valence-corrected chi connectivity index (χ4v) is 3.68. The van der Waals surface area contributed by atoms with Crippen molar-refractivity contribution in [1.82, 2.24) is 9.29 Å². The van der Waals surface area contributed by atoms with Gasteiger partial charge in [-0.1, -0.05) is 23.2 Å². The average Bonchev–Trinajstić information content (AvgIpc) is 2.53. The number of halogens is 2. The molecule has 1 aromatic carbocycles. The van der Waals surface area contributed by atoms with Gasteiger partial charge in [0.15, 0.2) is 0 Å². The van der Waals surface area contributed by atoms with Crippen molar-refractivity contribution >= 4 is 45.0 Å². The van der Waals surface area contributed by atoms with E-state index in [1.165, 1.54) is 32.1 Å². The Hall–Kier alpha value is -0.990. The maximum Gasteiger partial charge on any atom is 0.244 e. The van der Waals surface area contributed by atoms with Crippen LogP contribution >= 0.6 is 35.0 Å². The largest absolute Gasteiger partial charge is 0.491 e. The zero-order valence-corrected chi connectivity index (χ0v) is 16.2. The molecule has 0 amide bonds. The standard InChI is InChI=1S/C15H16Cl2N2O3S2/c1-19(2)24(20,21)12-4-6-15(18-10-12)23-8-7-22-14-5-3-11(16)9-13(14)17/h3-6,9-10H,7-8H2,1-2H3. The Morgan fingerprint density at radius 3 is 2.54 bits per heavy atom. The fraction of sp³-hybridized carbons (Fsp3) is 0.267. The lowest BCUT2D eigenvalue weighted by molar-refractivity contribution is 0.344. The number of ether oxygens (including phenoxy) is 1. The number of hydrogen-bond donors (Lipinski definition) is 0. The van der Waals surface area contributed by atoms with Gasteiger partial charge >= 0.3 is 0 Å². The van der Waals surface area contributed by atoms with Gasteiger partial charge in [-0.25, -0.2) is 17.7 Å². The smallest absolute Gasteiger partial charge is 0.244 e. The monoisotopic (exact) mass is 406 g/mol. The van der Waals surface area contributed by atoms with Crippen LogP contribution in [0.5, 0.6) is 5.75 Å². The Labute approximate surface area is 156 Å². The summed E-state index contributed by atoms with van der Waals surface area (Å²) in [6, 6.07) is 8.27. The van der Waals surface area contributed by atoms with Gasteiger partial charge < -0.3 is 4.74 Å². The van der Waals surface area contributed by atoms with Gasteiger partial charge in [0.05, 0.1) is 16.7 Å². The molecular weight excluding hydrogens is 391 g/mol. The molecule has 0 bridgehead atoms. The van der Waals surface area contributed by atoms with Crippen molar-refractivity contribution in [1.29, 1.82) is 0 Å². The summed E-state index contributed by atoms with van der Waals surface area (Å²) in [5.41, 5.74) is 0. The molecule has 5 nitrogen and oxygen atoms in total. The maximum atomic E-state index is 12.0. The highest BCUT2D eigenvalue weighted by Gasteiger charge is 2.17. The van der Waals surface area contributed by atoms with Gasteiger partial charge in [-0.15, -0.1) is 11.8 Å². The van der Waals surface area contributed by atoms with Crippen molar-refractivity contribution in [2.75, 3.05) is 26.5 Å². The van der Waals surface area contributed by atoms with Crippen LogP contribution in [-0.2, 0) is 10.0 Å². The van der Waals surface area contributed by atoms with Gasteiger partial charge in [0.2, 0.25) is 10.0 Å². The molecule has 2 rings (SSSR count). The van der Waals surface area contributed by atoms with Crippen LogP contribution in [0.25, 0.3) is 0 Å². The molecule has 0 radical (unpaired) electrons. The molecule has 0 fully saturated rings. The van der Waals surface area contributed by atoms with Crippen molar-refractivity contribution < 1.29 is 13.2 Å². The van der Waals surface area contributed by atoms with E-state index in [-0.39, 0.29) is 4.90 Å². The molecule has 130 valence electrons. The minimum absolute atomic E-state index is 0.168. The highest BCUT2D eigenvalue weighted by atomic mass is 35.5. The molecule has 0 spiro atoms. The van der Waals surface area contributed by atoms with Crippen LogP contribution in [0, 0.1) is 0 Å². The van der Waals surface area contributed by atoms with E-state index in [1.807, 2.05) is 0 Å². The number of pyridine rings is 1. The van der Waals surface area contributed by atoms with Crippen molar-refractivity contribution in [3.8, 4) is 5.75 Å². The molecule has 0 saturated heterocycles. The van der Waals surface area contributed by atoms with E-state index in [1.54, 1.807) is 30.3 Å². The Bertz CT molecular complexity index is 797. The predicted octanol–water partition coefficient (Wildman–Crippen LogP) is 3.81. The van der Waals surface area contributed by atoms with Crippen LogP contribution in [0.15, 0.2) is 46.5 Å². The third-order valence-corrected chi connectivity index (χ3v) is 6.21. The lowest BCUT2D eigenvalue weighted by Crippen LogP contribution is -2.22. The van der Waals surface area contributed by atoms with Crippen molar-refractivity contribution in [3.05, 3.63) is 46.6 Å². The van der Waals surface area contributed by atoms with E-state index < -0.39 is 10.0 Å². The van der Waals surface area contributed by atoms with Gasteiger partial charge in [-0.05, 0) is 30.3 Å². The van der Waals surface area contributed by atoms with E-state index >= 15 is 0 Å². The molecule has 0 unspecified atom stereocenters. The second kappa shape index (κ2) is 8.40. The summed E-state index contributed by atoms with van der Waals surface area (Å²) in [6.07, 6.45) is 1.36. The third-order valence-electron chi connectivity index (χ3n) is 2.97. The quantitative estimate of drug-likeness (QED) is 0.516. The Kier molecular flexibility index (Phi) is 6.77. The zero-order chi connectivity index (χ0) is 17.7. The first-order chi connectivity index (χ1) is 11.3. The first kappa shape index (κ1) is 19.3. The fourth-order valence-electron chi connectivity index (χ4n) is 1.71. The molecule has 1 heterocycles. The minimum atomic E-state index is -3.45. The molecule has 0 atom stereocenters. The number of nitrogens with zero attached hydrogens (tertiary/aromatic N) is 2. The van der Waals surface area contributed by atoms with E-state index in [0.717, 1.165) is 9.33 Å². The van der Waals surface area contributed by atoms with Gasteiger partial charge in [0, 0.05) is 31.1 Å². The molecule has 1 aromatic heterocycles. The van der Waals surface area contributed by atoms with Crippen LogP contribution in [0.1, 0.15) is 0 Å². The number of hydrogen-bond acceptors (Lipinski definition) is 5. The summed E-state index contributed by atoms with van der Waals surface area (Å²) in [5, 5.41) is 1.74. The number of sulfonamides is 1. The molecule has 24 heavy (non-hydrogen) atoms. The van der Waals surface area contributed by atoms with E-state index in [0.29, 0.717) is 28.2 Å². The summed E-state index contributed by atoms with van der Waals surface area (Å²) in [4.78, 5) is 4.33. The van der Waals surface area contributed by atoms with Crippen molar-refractivity contribution in [2.45, 2.75) is 9.92 Å². The summed E-state index contributed by atoms with van der Waals surface area (Å²) >= 11 is 13.3. The van der Waals surface area contributed by atoms with Gasteiger partial charge in [-0.3, -0.25) is 0 Å². The lowest BCUT2D eigenvalue weighted by Gasteiger charge is -2.11. The number of rotatable bonds is 7. The summed E-state index contributed by atoms with van der Waals surface area (Å²) in [5.74, 6) is 1.22. The molecular formula is C15H16Cl2N2O3S2. The highest BCUT2D eigenvalue weighted by Crippen LogP contribution is 2.28. The van der Waals surface area contributed by atoms with Crippen molar-refractivity contribution in [3.63, 3.8) is 0 Å². The summed E-state index contributed by atoms with van der Waals surface area (Å²) in [6.45, 7) is 0.436. The first-order valence-corrected chi connectivity index (χ1v) is 10.1. The second-order valence-corrected chi connectivity index (χ2v) is 9.00. The topological polar surface area (TPSA) is 59.5 Å². The highest BCUT2D eigenvalue weighted by molar-refractivity contribution is 7.99. The molecule has 2 aromatic rings. The van der Waals surface area contributed by atoms with Gasteiger partial charge in [0.25, 0.3) is 0 Å². The van der Waals surface area contributed by atoms with Crippen LogP contribution in [0.4, 0.5) is 0 Å². The molecule has 0 aliphatic carbocycles. The second-order valence-electron chi connectivity index (χ2n) is 4.89. The van der Waals surface area contributed by atoms with Crippen LogP contribution in [0.2, 0.25) is 10.0 Å². The van der Waals surface area contributed by atoms with E-state index in [4.69, 9.17) is 27.9 Å². The Morgan fingerprint density at radius 2 is 1.96 bits per heavy atom. The molecule has 0 aliphatic heterocycles. The average molecular weight is 407 g/mol. The van der Waals surface area contributed by atoms with Gasteiger partial charge in [-0.2, -0.15) is 0 Å². The number of benzene rings is 1. The molecule has 0 N–H and O–H groups in total.